The molecular weight excluding hydrogens is 1040 g/mol. The summed E-state index contributed by atoms with van der Waals surface area (Å²) in [6.45, 7) is 9.29. The van der Waals surface area contributed by atoms with Gasteiger partial charge in [0.05, 0.1) is 26.4 Å². The molecule has 3 N–H and O–H groups in total. The Bertz CT molecular complexity index is 1550. The van der Waals surface area contributed by atoms with Crippen molar-refractivity contribution in [1.82, 2.24) is 0 Å². The zero-order valence-electron chi connectivity index (χ0n) is 50.0. The van der Waals surface area contributed by atoms with Gasteiger partial charge >= 0.3 is 39.5 Å². The van der Waals surface area contributed by atoms with Crippen LogP contribution in [-0.2, 0) is 65.4 Å². The topological polar surface area (TPSA) is 237 Å². The number of hydrogen-bond acceptors (Lipinski definition) is 15. The number of aliphatic hydroxyl groups excluding tert-OH is 1. The summed E-state index contributed by atoms with van der Waals surface area (Å²) in [7, 11) is -9.86. The van der Waals surface area contributed by atoms with Gasteiger partial charge in [-0.05, 0) is 37.5 Å². The predicted molar refractivity (Wildman–Crippen MR) is 308 cm³/mol. The summed E-state index contributed by atoms with van der Waals surface area (Å²) in [6.07, 6.45) is 32.6. The van der Waals surface area contributed by atoms with Crippen LogP contribution in [0.1, 0.15) is 286 Å². The zero-order chi connectivity index (χ0) is 58.0. The largest absolute Gasteiger partial charge is 0.472 e. The van der Waals surface area contributed by atoms with E-state index in [-0.39, 0.29) is 25.7 Å². The maximum Gasteiger partial charge on any atom is 0.472 e. The number of unbranched alkanes of at least 4 members (excludes halogenated alkanes) is 28. The first-order valence-corrected chi connectivity index (χ1v) is 34.0. The standard InChI is InChI=1S/C59H114O17P2/c1-7-9-11-13-14-24-31-37-43-58(63)75-54(47-69-56(61)41-35-27-12-10-8-2)49-73-77(65,66)71-45-53(60)46-72-78(67,68)74-50-55(48-70-57(62)42-36-30-26-21-23-29-34-40-52(5)6)76-59(64)44-38-32-25-20-18-16-15-17-19-22-28-33-39-51(3)4/h51-55,60H,7-50H2,1-6H3,(H,65,66)(H,67,68)/t53-,54+,55+/m0/s1. The SMILES string of the molecule is CCCCCCCCCCC(=O)O[C@H](COC(=O)CCCCCCC)COP(=O)(O)OC[C@H](O)COP(=O)(O)OC[C@@H](COC(=O)CCCCCCCCCC(C)C)OC(=O)CCCCCCCCCCCCCCC(C)C. The van der Waals surface area contributed by atoms with Gasteiger partial charge in [-0.2, -0.15) is 0 Å². The van der Waals surface area contributed by atoms with E-state index in [2.05, 4.69) is 41.5 Å². The Balaban J connectivity index is 5.16. The van der Waals surface area contributed by atoms with Crippen molar-refractivity contribution in [3.05, 3.63) is 0 Å². The third-order valence-electron chi connectivity index (χ3n) is 13.5. The average molecular weight is 1160 g/mol. The average Bonchev–Trinajstić information content (AvgIpc) is 3.39. The van der Waals surface area contributed by atoms with E-state index in [9.17, 15) is 43.2 Å². The maximum absolute atomic E-state index is 12.9. The highest BCUT2D eigenvalue weighted by Gasteiger charge is 2.30. The van der Waals surface area contributed by atoms with Crippen molar-refractivity contribution in [3.63, 3.8) is 0 Å². The molecule has 0 radical (unpaired) electrons. The first kappa shape index (κ1) is 76.1. The fraction of sp³-hybridized carbons (Fsp3) is 0.932. The van der Waals surface area contributed by atoms with Crippen LogP contribution in [0.15, 0.2) is 0 Å². The molecule has 0 aliphatic rings. The van der Waals surface area contributed by atoms with Crippen molar-refractivity contribution in [3.8, 4) is 0 Å². The number of phosphoric acid groups is 2. The molecule has 0 saturated carbocycles. The highest BCUT2D eigenvalue weighted by Crippen LogP contribution is 2.45. The highest BCUT2D eigenvalue weighted by atomic mass is 31.2. The minimum Gasteiger partial charge on any atom is -0.462 e. The molecule has 0 aromatic rings. The van der Waals surface area contributed by atoms with Gasteiger partial charge in [-0.25, -0.2) is 9.13 Å². The lowest BCUT2D eigenvalue weighted by Crippen LogP contribution is -2.30. The van der Waals surface area contributed by atoms with Crippen molar-refractivity contribution in [2.24, 2.45) is 11.8 Å². The van der Waals surface area contributed by atoms with Gasteiger partial charge in [-0.3, -0.25) is 37.3 Å². The number of carbonyl (C=O) groups is 4. The third kappa shape index (κ3) is 53.4. The van der Waals surface area contributed by atoms with Crippen LogP contribution in [0.25, 0.3) is 0 Å². The molecule has 0 rings (SSSR count). The molecule has 0 aromatic heterocycles. The second-order valence-electron chi connectivity index (χ2n) is 22.3. The minimum atomic E-state index is -4.94. The van der Waals surface area contributed by atoms with Crippen LogP contribution in [0.2, 0.25) is 0 Å². The summed E-state index contributed by atoms with van der Waals surface area (Å²) in [5.74, 6) is -0.673. The van der Waals surface area contributed by atoms with E-state index in [0.29, 0.717) is 31.6 Å². The summed E-state index contributed by atoms with van der Waals surface area (Å²) in [5.41, 5.74) is 0. The molecular formula is C59H114O17P2. The Morgan fingerprint density at radius 2 is 0.590 bits per heavy atom. The van der Waals surface area contributed by atoms with Crippen molar-refractivity contribution >= 4 is 39.5 Å². The quantitative estimate of drug-likeness (QED) is 0.0222. The lowest BCUT2D eigenvalue weighted by atomic mass is 10.0. The van der Waals surface area contributed by atoms with E-state index < -0.39 is 97.5 Å². The van der Waals surface area contributed by atoms with Crippen molar-refractivity contribution in [2.75, 3.05) is 39.6 Å². The van der Waals surface area contributed by atoms with Crippen molar-refractivity contribution < 1.29 is 80.2 Å². The Morgan fingerprint density at radius 1 is 0.346 bits per heavy atom. The predicted octanol–water partition coefficient (Wildman–Crippen LogP) is 15.7. The summed E-state index contributed by atoms with van der Waals surface area (Å²) in [5, 5.41) is 10.5. The summed E-state index contributed by atoms with van der Waals surface area (Å²) < 4.78 is 67.5. The Kier molecular flexibility index (Phi) is 50.6. The molecule has 78 heavy (non-hydrogen) atoms. The van der Waals surface area contributed by atoms with Gasteiger partial charge < -0.3 is 33.8 Å². The van der Waals surface area contributed by atoms with Crippen LogP contribution in [0.4, 0.5) is 0 Å². The molecule has 0 spiro atoms. The number of ether oxygens (including phenoxy) is 4. The second kappa shape index (κ2) is 51.9. The van der Waals surface area contributed by atoms with Crippen molar-refractivity contribution in [1.29, 1.82) is 0 Å². The molecule has 0 aliphatic carbocycles. The number of esters is 4. The first-order valence-electron chi connectivity index (χ1n) is 31.0. The van der Waals surface area contributed by atoms with Gasteiger partial charge in [-0.1, -0.05) is 234 Å². The maximum atomic E-state index is 12.9. The molecule has 19 heteroatoms. The van der Waals surface area contributed by atoms with E-state index in [1.807, 2.05) is 0 Å². The highest BCUT2D eigenvalue weighted by molar-refractivity contribution is 7.47. The normalized spacial score (nSPS) is 14.4. The molecule has 0 fully saturated rings. The van der Waals surface area contributed by atoms with Crippen LogP contribution >= 0.6 is 15.6 Å². The van der Waals surface area contributed by atoms with Crippen LogP contribution in [0, 0.1) is 11.8 Å². The van der Waals surface area contributed by atoms with Crippen LogP contribution in [0.3, 0.4) is 0 Å². The number of hydrogen-bond donors (Lipinski definition) is 3. The zero-order valence-corrected chi connectivity index (χ0v) is 51.7. The molecule has 0 heterocycles. The summed E-state index contributed by atoms with van der Waals surface area (Å²) in [6, 6.07) is 0. The molecule has 0 bridgehead atoms. The molecule has 5 atom stereocenters. The van der Waals surface area contributed by atoms with Crippen LogP contribution in [-0.4, -0.2) is 96.7 Å². The smallest absolute Gasteiger partial charge is 0.462 e. The lowest BCUT2D eigenvalue weighted by molar-refractivity contribution is -0.161. The van der Waals surface area contributed by atoms with E-state index >= 15 is 0 Å². The minimum absolute atomic E-state index is 0.104. The summed E-state index contributed by atoms with van der Waals surface area (Å²) in [4.78, 5) is 71.6. The molecule has 0 aromatic carbocycles. The van der Waals surface area contributed by atoms with Crippen LogP contribution in [0.5, 0.6) is 0 Å². The van der Waals surface area contributed by atoms with Crippen molar-refractivity contribution in [2.45, 2.75) is 304 Å². The van der Waals surface area contributed by atoms with Gasteiger partial charge in [0, 0.05) is 25.7 Å². The van der Waals surface area contributed by atoms with Gasteiger partial charge in [0.15, 0.2) is 12.2 Å². The number of carbonyl (C=O) groups excluding carboxylic acids is 4. The Labute approximate surface area is 473 Å². The molecule has 2 unspecified atom stereocenters. The van der Waals surface area contributed by atoms with Gasteiger partial charge in [0.2, 0.25) is 0 Å². The van der Waals surface area contributed by atoms with Gasteiger partial charge in [0.1, 0.15) is 19.3 Å². The molecule has 0 saturated heterocycles. The first-order chi connectivity index (χ1) is 37.4. The lowest BCUT2D eigenvalue weighted by Gasteiger charge is -2.21. The number of rotatable bonds is 58. The third-order valence-corrected chi connectivity index (χ3v) is 15.4. The fourth-order valence-corrected chi connectivity index (χ4v) is 10.2. The number of phosphoric ester groups is 2. The Hall–Kier alpha value is -1.94. The molecule has 462 valence electrons. The van der Waals surface area contributed by atoms with Gasteiger partial charge in [0.25, 0.3) is 0 Å². The van der Waals surface area contributed by atoms with E-state index in [0.717, 1.165) is 115 Å². The molecule has 0 amide bonds. The van der Waals surface area contributed by atoms with E-state index in [1.54, 1.807) is 0 Å². The molecule has 17 nitrogen and oxygen atoms in total. The Morgan fingerprint density at radius 3 is 0.872 bits per heavy atom. The fourth-order valence-electron chi connectivity index (χ4n) is 8.65. The van der Waals surface area contributed by atoms with Gasteiger partial charge in [-0.15, -0.1) is 0 Å². The molecule has 0 aliphatic heterocycles. The monoisotopic (exact) mass is 1160 g/mol. The van der Waals surface area contributed by atoms with Crippen LogP contribution < -0.4 is 0 Å². The second-order valence-corrected chi connectivity index (χ2v) is 25.2. The summed E-state index contributed by atoms with van der Waals surface area (Å²) >= 11 is 0. The number of aliphatic hydroxyl groups is 1. The van der Waals surface area contributed by atoms with E-state index in [1.165, 1.54) is 83.5 Å². The van der Waals surface area contributed by atoms with E-state index in [4.69, 9.17) is 37.0 Å².